The molecule has 1 aromatic heterocycles. The first kappa shape index (κ1) is 18.5. The Morgan fingerprint density at radius 1 is 1.33 bits per heavy atom. The lowest BCUT2D eigenvalue weighted by molar-refractivity contribution is -0.138. The molecule has 1 saturated heterocycles. The molecule has 1 aliphatic heterocycles. The molecule has 24 heavy (non-hydrogen) atoms. The summed E-state index contributed by atoms with van der Waals surface area (Å²) in [4.78, 5) is 25.7. The van der Waals surface area contributed by atoms with Crippen LogP contribution in [-0.4, -0.2) is 54.3 Å². The van der Waals surface area contributed by atoms with E-state index in [9.17, 15) is 22.8 Å². The lowest BCUT2D eigenvalue weighted by atomic mass is 10.2. The monoisotopic (exact) mass is 347 g/mol. The highest BCUT2D eigenvalue weighted by atomic mass is 19.4. The molecule has 1 unspecified atom stereocenters. The normalized spacial score (nSPS) is 17.5. The molecule has 0 radical (unpaired) electrons. The average Bonchev–Trinajstić information content (AvgIpc) is 2.54. The van der Waals surface area contributed by atoms with Gasteiger partial charge in [-0.15, -0.1) is 0 Å². The second kappa shape index (κ2) is 7.80. The van der Waals surface area contributed by atoms with E-state index in [1.165, 1.54) is 0 Å². The van der Waals surface area contributed by atoms with Crippen LogP contribution in [0.4, 0.5) is 13.2 Å². The minimum absolute atomic E-state index is 0.0797. The van der Waals surface area contributed by atoms with Gasteiger partial charge in [-0.25, -0.2) is 0 Å². The average molecular weight is 347 g/mol. The maximum absolute atomic E-state index is 12.7. The Morgan fingerprint density at radius 2 is 2.00 bits per heavy atom. The van der Waals surface area contributed by atoms with Gasteiger partial charge in [0.1, 0.15) is 6.54 Å². The predicted octanol–water partition coefficient (Wildman–Crippen LogP) is 0.704. The summed E-state index contributed by atoms with van der Waals surface area (Å²) in [5.41, 5.74) is -1.61. The Kier molecular flexibility index (Phi) is 6.00. The quantitative estimate of drug-likeness (QED) is 0.852. The summed E-state index contributed by atoms with van der Waals surface area (Å²) in [6, 6.07) is 1.60. The van der Waals surface area contributed by atoms with Crippen molar-refractivity contribution in [2.45, 2.75) is 25.7 Å². The van der Waals surface area contributed by atoms with Crippen molar-refractivity contribution in [3.63, 3.8) is 0 Å². The number of pyridine rings is 1. The lowest BCUT2D eigenvalue weighted by Crippen LogP contribution is -2.47. The maximum atomic E-state index is 12.7. The molecule has 2 rings (SSSR count). The van der Waals surface area contributed by atoms with E-state index in [1.807, 2.05) is 6.92 Å². The molecule has 1 fully saturated rings. The number of hydrogen-bond acceptors (Lipinski definition) is 4. The van der Waals surface area contributed by atoms with E-state index in [1.54, 1.807) is 0 Å². The Bertz CT molecular complexity index is 624. The van der Waals surface area contributed by atoms with Crippen LogP contribution in [-0.2, 0) is 22.3 Å². The summed E-state index contributed by atoms with van der Waals surface area (Å²) in [6.07, 6.45) is -3.90. The molecule has 0 spiro atoms. The standard InChI is InChI=1S/C15H20F3N3O3/c1-11(20-4-6-24-7-5-20)8-19-13(22)10-21-9-12(15(16,17)18)2-3-14(21)23/h2-3,9,11H,4-8,10H2,1H3,(H,19,22). The van der Waals surface area contributed by atoms with Gasteiger partial charge in [0.2, 0.25) is 5.91 Å². The van der Waals surface area contributed by atoms with Gasteiger partial charge in [-0.2, -0.15) is 13.2 Å². The van der Waals surface area contributed by atoms with Crippen molar-refractivity contribution in [1.82, 2.24) is 14.8 Å². The van der Waals surface area contributed by atoms with E-state index in [4.69, 9.17) is 4.74 Å². The fraction of sp³-hybridized carbons (Fsp3) is 0.600. The summed E-state index contributed by atoms with van der Waals surface area (Å²) >= 11 is 0. The number of alkyl halides is 3. The largest absolute Gasteiger partial charge is 0.417 e. The molecule has 9 heteroatoms. The molecule has 0 bridgehead atoms. The van der Waals surface area contributed by atoms with Crippen LogP contribution in [0.25, 0.3) is 0 Å². The zero-order valence-corrected chi connectivity index (χ0v) is 13.3. The van der Waals surface area contributed by atoms with Crippen molar-refractivity contribution in [2.24, 2.45) is 0 Å². The van der Waals surface area contributed by atoms with Crippen LogP contribution in [0.15, 0.2) is 23.1 Å². The summed E-state index contributed by atoms with van der Waals surface area (Å²) in [5, 5.41) is 2.65. The summed E-state index contributed by atoms with van der Waals surface area (Å²) in [5.74, 6) is -0.503. The fourth-order valence-electron chi connectivity index (χ4n) is 2.44. The van der Waals surface area contributed by atoms with Crippen LogP contribution in [0.3, 0.4) is 0 Å². The summed E-state index contributed by atoms with van der Waals surface area (Å²) in [6.45, 7) is 4.66. The highest BCUT2D eigenvalue weighted by Gasteiger charge is 2.31. The SMILES string of the molecule is CC(CNC(=O)Cn1cc(C(F)(F)F)ccc1=O)N1CCOCC1. The Balaban J connectivity index is 1.91. The number of hydrogen-bond donors (Lipinski definition) is 1. The number of amides is 1. The topological polar surface area (TPSA) is 63.6 Å². The van der Waals surface area contributed by atoms with Gasteiger partial charge in [-0.1, -0.05) is 0 Å². The lowest BCUT2D eigenvalue weighted by Gasteiger charge is -2.32. The van der Waals surface area contributed by atoms with Crippen LogP contribution in [0.5, 0.6) is 0 Å². The zero-order chi connectivity index (χ0) is 17.7. The Morgan fingerprint density at radius 3 is 2.62 bits per heavy atom. The molecule has 1 N–H and O–H groups in total. The van der Waals surface area contributed by atoms with Gasteiger partial charge in [0.05, 0.1) is 18.8 Å². The fourth-order valence-corrected chi connectivity index (χ4v) is 2.44. The number of nitrogens with zero attached hydrogens (tertiary/aromatic N) is 2. The van der Waals surface area contributed by atoms with Crippen LogP contribution in [0, 0.1) is 0 Å². The molecule has 134 valence electrons. The first-order chi connectivity index (χ1) is 11.3. The van der Waals surface area contributed by atoms with E-state index >= 15 is 0 Å². The number of morpholine rings is 1. The molecular formula is C15H20F3N3O3. The predicted molar refractivity (Wildman–Crippen MR) is 80.6 cm³/mol. The van der Waals surface area contributed by atoms with Gasteiger partial charge >= 0.3 is 6.18 Å². The first-order valence-corrected chi connectivity index (χ1v) is 7.63. The van der Waals surface area contributed by atoms with Gasteiger partial charge in [0.25, 0.3) is 5.56 Å². The van der Waals surface area contributed by atoms with Gasteiger partial charge in [-0.05, 0) is 13.0 Å². The Labute approximate surface area is 137 Å². The van der Waals surface area contributed by atoms with Gasteiger partial charge in [-0.3, -0.25) is 14.5 Å². The number of aromatic nitrogens is 1. The molecule has 1 atom stereocenters. The van der Waals surface area contributed by atoms with Crippen molar-refractivity contribution in [2.75, 3.05) is 32.8 Å². The second-order valence-corrected chi connectivity index (χ2v) is 5.68. The minimum Gasteiger partial charge on any atom is -0.379 e. The number of ether oxygens (including phenoxy) is 1. The zero-order valence-electron chi connectivity index (χ0n) is 13.3. The number of carbonyl (C=O) groups excluding carboxylic acids is 1. The van der Waals surface area contributed by atoms with Crippen LogP contribution < -0.4 is 10.9 Å². The van der Waals surface area contributed by atoms with Crippen molar-refractivity contribution in [3.8, 4) is 0 Å². The van der Waals surface area contributed by atoms with Crippen LogP contribution in [0.1, 0.15) is 12.5 Å². The highest BCUT2D eigenvalue weighted by molar-refractivity contribution is 5.75. The van der Waals surface area contributed by atoms with Crippen molar-refractivity contribution >= 4 is 5.91 Å². The van der Waals surface area contributed by atoms with Crippen molar-refractivity contribution in [1.29, 1.82) is 0 Å². The minimum atomic E-state index is -4.56. The number of carbonyl (C=O) groups is 1. The molecule has 1 aliphatic rings. The van der Waals surface area contributed by atoms with E-state index < -0.39 is 29.8 Å². The van der Waals surface area contributed by atoms with Crippen molar-refractivity contribution in [3.05, 3.63) is 34.2 Å². The van der Waals surface area contributed by atoms with Crippen molar-refractivity contribution < 1.29 is 22.7 Å². The van der Waals surface area contributed by atoms with Crippen LogP contribution in [0.2, 0.25) is 0 Å². The summed E-state index contributed by atoms with van der Waals surface area (Å²) < 4.78 is 44.0. The smallest absolute Gasteiger partial charge is 0.379 e. The van der Waals surface area contributed by atoms with Gasteiger partial charge < -0.3 is 14.6 Å². The first-order valence-electron chi connectivity index (χ1n) is 7.63. The second-order valence-electron chi connectivity index (χ2n) is 5.68. The van der Waals surface area contributed by atoms with Gasteiger partial charge in [0, 0.05) is 37.9 Å². The van der Waals surface area contributed by atoms with E-state index in [2.05, 4.69) is 10.2 Å². The molecule has 0 aromatic carbocycles. The van der Waals surface area contributed by atoms with E-state index in [-0.39, 0.29) is 6.04 Å². The van der Waals surface area contributed by atoms with Crippen LogP contribution >= 0.6 is 0 Å². The molecule has 6 nitrogen and oxygen atoms in total. The van der Waals surface area contributed by atoms with E-state index in [0.717, 1.165) is 23.7 Å². The molecule has 1 amide bonds. The molecule has 0 aliphatic carbocycles. The van der Waals surface area contributed by atoms with Gasteiger partial charge in [0.15, 0.2) is 0 Å². The molecular weight excluding hydrogens is 327 g/mol. The molecule has 0 saturated carbocycles. The van der Waals surface area contributed by atoms with E-state index in [0.29, 0.717) is 32.0 Å². The Hall–Kier alpha value is -1.87. The third-order valence-corrected chi connectivity index (χ3v) is 3.89. The third-order valence-electron chi connectivity index (χ3n) is 3.89. The molecule has 2 heterocycles. The number of rotatable bonds is 5. The molecule has 1 aromatic rings. The third kappa shape index (κ3) is 5.07. The number of halogens is 3. The number of nitrogens with one attached hydrogen (secondary N) is 1. The maximum Gasteiger partial charge on any atom is 0.417 e. The highest BCUT2D eigenvalue weighted by Crippen LogP contribution is 2.27. The summed E-state index contributed by atoms with van der Waals surface area (Å²) in [7, 11) is 0.